The Morgan fingerprint density at radius 2 is 1.94 bits per heavy atom. The lowest BCUT2D eigenvalue weighted by Crippen LogP contribution is -2.15. The van der Waals surface area contributed by atoms with Gasteiger partial charge in [0, 0.05) is 17.6 Å². The van der Waals surface area contributed by atoms with Gasteiger partial charge in [-0.2, -0.15) is 10.4 Å². The van der Waals surface area contributed by atoms with Gasteiger partial charge < -0.3 is 15.6 Å². The van der Waals surface area contributed by atoms with Crippen molar-refractivity contribution in [2.24, 2.45) is 12.8 Å². The molecule has 0 unspecified atom stereocenters. The first kappa shape index (κ1) is 21.9. The minimum Gasteiger partial charge on any atom is -0.506 e. The van der Waals surface area contributed by atoms with E-state index in [0.717, 1.165) is 5.56 Å². The molecule has 8 heteroatoms. The van der Waals surface area contributed by atoms with Crippen LogP contribution in [-0.4, -0.2) is 20.8 Å². The average molecular weight is 459 g/mol. The van der Waals surface area contributed by atoms with Crippen LogP contribution >= 0.6 is 11.6 Å². The van der Waals surface area contributed by atoms with Gasteiger partial charge in [0.05, 0.1) is 22.9 Å². The molecule has 0 bridgehead atoms. The molecule has 0 aliphatic heterocycles. The number of aromatic nitrogens is 2. The van der Waals surface area contributed by atoms with Crippen molar-refractivity contribution in [3.63, 3.8) is 0 Å². The van der Waals surface area contributed by atoms with Crippen LogP contribution in [0.1, 0.15) is 21.6 Å². The zero-order chi connectivity index (χ0) is 23.5. The zero-order valence-electron chi connectivity index (χ0n) is 17.6. The molecule has 0 spiro atoms. The molecule has 0 atom stereocenters. The third-order valence-corrected chi connectivity index (χ3v) is 5.39. The van der Waals surface area contributed by atoms with Gasteiger partial charge in [0.25, 0.3) is 5.91 Å². The highest BCUT2D eigenvalue weighted by molar-refractivity contribution is 6.30. The molecule has 4 aromatic rings. The van der Waals surface area contributed by atoms with E-state index in [1.165, 1.54) is 10.7 Å². The second kappa shape index (κ2) is 9.07. The third kappa shape index (κ3) is 4.52. The predicted molar refractivity (Wildman–Crippen MR) is 125 cm³/mol. The average Bonchev–Trinajstić information content (AvgIpc) is 3.20. The van der Waals surface area contributed by atoms with Crippen LogP contribution < -0.4 is 10.5 Å². The number of phenols is 1. The number of amides is 1. The Morgan fingerprint density at radius 3 is 2.61 bits per heavy atom. The van der Waals surface area contributed by atoms with Crippen LogP contribution in [0, 0.1) is 11.3 Å². The van der Waals surface area contributed by atoms with E-state index in [2.05, 4.69) is 11.2 Å². The van der Waals surface area contributed by atoms with Crippen LogP contribution in [-0.2, 0) is 13.7 Å². The standard InChI is InChI=1S/C25H19ClN4O3/c1-30-21(25(28)32)12-20(29-30)19-9-10-22(33-14-15-5-7-18(26)8-6-15)23(24(19)31)17-4-2-3-16(11-17)13-27/h2-12,31H,14H2,1H3,(H2,28,32). The van der Waals surface area contributed by atoms with E-state index in [-0.39, 0.29) is 18.1 Å². The number of aryl methyl sites for hydroxylation is 1. The number of carbonyl (C=O) groups is 1. The number of carbonyl (C=O) groups excluding carboxylic acids is 1. The Morgan fingerprint density at radius 1 is 1.18 bits per heavy atom. The Kier molecular flexibility index (Phi) is 6.03. The van der Waals surface area contributed by atoms with Gasteiger partial charge in [-0.3, -0.25) is 9.48 Å². The van der Waals surface area contributed by atoms with Gasteiger partial charge in [-0.15, -0.1) is 0 Å². The molecule has 7 nitrogen and oxygen atoms in total. The number of nitriles is 1. The molecule has 3 N–H and O–H groups in total. The Bertz CT molecular complexity index is 1390. The summed E-state index contributed by atoms with van der Waals surface area (Å²) >= 11 is 5.95. The third-order valence-electron chi connectivity index (χ3n) is 5.14. The largest absolute Gasteiger partial charge is 0.506 e. The molecule has 0 aliphatic carbocycles. The highest BCUT2D eigenvalue weighted by atomic mass is 35.5. The van der Waals surface area contributed by atoms with Crippen molar-refractivity contribution < 1.29 is 14.6 Å². The zero-order valence-corrected chi connectivity index (χ0v) is 18.4. The molecule has 0 saturated heterocycles. The first-order chi connectivity index (χ1) is 15.9. The second-order valence-electron chi connectivity index (χ2n) is 7.35. The van der Waals surface area contributed by atoms with Crippen molar-refractivity contribution in [3.05, 3.63) is 88.6 Å². The summed E-state index contributed by atoms with van der Waals surface area (Å²) in [7, 11) is 1.60. The first-order valence-electron chi connectivity index (χ1n) is 9.95. The number of nitrogens with two attached hydrogens (primary N) is 1. The molecule has 0 radical (unpaired) electrons. The van der Waals surface area contributed by atoms with Crippen molar-refractivity contribution in [2.75, 3.05) is 0 Å². The van der Waals surface area contributed by atoms with Gasteiger partial charge in [-0.05, 0) is 53.6 Å². The highest BCUT2D eigenvalue weighted by Crippen LogP contribution is 2.44. The minimum absolute atomic E-state index is 0.0900. The van der Waals surface area contributed by atoms with Crippen LogP contribution in [0.15, 0.2) is 66.7 Å². The molecule has 1 amide bonds. The van der Waals surface area contributed by atoms with E-state index in [4.69, 9.17) is 22.1 Å². The maximum atomic E-state index is 11.6. The van der Waals surface area contributed by atoms with E-state index in [1.807, 2.05) is 12.1 Å². The van der Waals surface area contributed by atoms with E-state index in [9.17, 15) is 15.2 Å². The number of hydrogen-bond donors (Lipinski definition) is 2. The number of hydrogen-bond acceptors (Lipinski definition) is 5. The van der Waals surface area contributed by atoms with Crippen LogP contribution in [0.2, 0.25) is 5.02 Å². The molecule has 0 fully saturated rings. The number of aromatic hydroxyl groups is 1. The molecule has 0 saturated carbocycles. The highest BCUT2D eigenvalue weighted by Gasteiger charge is 2.20. The number of ether oxygens (including phenoxy) is 1. The van der Waals surface area contributed by atoms with Gasteiger partial charge in [0.1, 0.15) is 23.8 Å². The molecule has 1 aromatic heterocycles. The monoisotopic (exact) mass is 458 g/mol. The maximum absolute atomic E-state index is 11.6. The summed E-state index contributed by atoms with van der Waals surface area (Å²) in [6.45, 7) is 0.246. The molecule has 164 valence electrons. The fraction of sp³-hybridized carbons (Fsp3) is 0.0800. The summed E-state index contributed by atoms with van der Waals surface area (Å²) < 4.78 is 7.40. The number of phenolic OH excluding ortho intramolecular Hbond substituents is 1. The summed E-state index contributed by atoms with van der Waals surface area (Å²) in [6, 6.07) is 21.1. The van der Waals surface area contributed by atoms with Crippen LogP contribution in [0.4, 0.5) is 0 Å². The lowest BCUT2D eigenvalue weighted by atomic mass is 9.97. The maximum Gasteiger partial charge on any atom is 0.266 e. The Hall–Kier alpha value is -4.28. The number of benzene rings is 3. The van der Waals surface area contributed by atoms with E-state index < -0.39 is 5.91 Å². The lowest BCUT2D eigenvalue weighted by molar-refractivity contribution is 0.0991. The summed E-state index contributed by atoms with van der Waals surface area (Å²) in [5.74, 6) is -0.291. The number of primary amides is 1. The second-order valence-corrected chi connectivity index (χ2v) is 7.78. The van der Waals surface area contributed by atoms with E-state index in [1.54, 1.807) is 55.6 Å². The van der Waals surface area contributed by atoms with Crippen molar-refractivity contribution in [1.82, 2.24) is 9.78 Å². The molecule has 0 aliphatic rings. The van der Waals surface area contributed by atoms with Crippen LogP contribution in [0.5, 0.6) is 11.5 Å². The molecule has 33 heavy (non-hydrogen) atoms. The first-order valence-corrected chi connectivity index (χ1v) is 10.3. The SMILES string of the molecule is Cn1nc(-c2ccc(OCc3ccc(Cl)cc3)c(-c3cccc(C#N)c3)c2O)cc1C(N)=O. The summed E-state index contributed by atoms with van der Waals surface area (Å²) in [5.41, 5.74) is 8.74. The smallest absolute Gasteiger partial charge is 0.266 e. The number of nitrogens with zero attached hydrogens (tertiary/aromatic N) is 3. The fourth-order valence-electron chi connectivity index (χ4n) is 3.49. The summed E-state index contributed by atoms with van der Waals surface area (Å²) in [4.78, 5) is 11.6. The summed E-state index contributed by atoms with van der Waals surface area (Å²) in [5, 5.41) is 25.5. The predicted octanol–water partition coefficient (Wildman–Crippen LogP) is 4.66. The number of halogens is 1. The summed E-state index contributed by atoms with van der Waals surface area (Å²) in [6.07, 6.45) is 0. The van der Waals surface area contributed by atoms with E-state index in [0.29, 0.717) is 38.7 Å². The van der Waals surface area contributed by atoms with Gasteiger partial charge in [0.15, 0.2) is 0 Å². The van der Waals surface area contributed by atoms with Gasteiger partial charge >= 0.3 is 0 Å². The quantitative estimate of drug-likeness (QED) is 0.436. The fourth-order valence-corrected chi connectivity index (χ4v) is 3.62. The number of rotatable bonds is 6. The molecular formula is C25H19ClN4O3. The van der Waals surface area contributed by atoms with Crippen molar-refractivity contribution in [3.8, 4) is 40.0 Å². The Labute approximate surface area is 195 Å². The van der Waals surface area contributed by atoms with Crippen molar-refractivity contribution in [2.45, 2.75) is 6.61 Å². The molecular weight excluding hydrogens is 440 g/mol. The van der Waals surface area contributed by atoms with Crippen molar-refractivity contribution >= 4 is 17.5 Å². The molecule has 3 aromatic carbocycles. The lowest BCUT2D eigenvalue weighted by Gasteiger charge is -2.16. The molecule has 4 rings (SSSR count). The topological polar surface area (TPSA) is 114 Å². The van der Waals surface area contributed by atoms with Crippen molar-refractivity contribution in [1.29, 1.82) is 5.26 Å². The van der Waals surface area contributed by atoms with Gasteiger partial charge in [-0.25, -0.2) is 0 Å². The minimum atomic E-state index is -0.624. The van der Waals surface area contributed by atoms with Gasteiger partial charge in [-0.1, -0.05) is 35.9 Å². The molecule has 1 heterocycles. The normalized spacial score (nSPS) is 10.6. The Balaban J connectivity index is 1.81. The van der Waals surface area contributed by atoms with Crippen LogP contribution in [0.25, 0.3) is 22.4 Å². The van der Waals surface area contributed by atoms with E-state index >= 15 is 0 Å². The van der Waals surface area contributed by atoms with Crippen LogP contribution in [0.3, 0.4) is 0 Å². The van der Waals surface area contributed by atoms with Gasteiger partial charge in [0.2, 0.25) is 0 Å².